The summed E-state index contributed by atoms with van der Waals surface area (Å²) in [6, 6.07) is 12.5. The molecule has 0 fully saturated rings. The SMILES string of the molecule is CN1/C(=C/C2=CC3=CC(=C(C#N)C#N)CC[C@@H]3CC2)Sc2ccccc21. The summed E-state index contributed by atoms with van der Waals surface area (Å²) >= 11 is 1.81. The Bertz CT molecular complexity index is 950. The molecule has 0 N–H and O–H groups in total. The maximum absolute atomic E-state index is 9.14. The third-order valence-electron chi connectivity index (χ3n) is 5.33. The van der Waals surface area contributed by atoms with E-state index in [0.717, 1.165) is 31.3 Å². The summed E-state index contributed by atoms with van der Waals surface area (Å²) in [6.45, 7) is 0. The van der Waals surface area contributed by atoms with Gasteiger partial charge >= 0.3 is 0 Å². The van der Waals surface area contributed by atoms with Crippen LogP contribution < -0.4 is 4.90 Å². The molecule has 0 amide bonds. The van der Waals surface area contributed by atoms with Crippen molar-refractivity contribution in [1.82, 2.24) is 0 Å². The number of rotatable bonds is 1. The van der Waals surface area contributed by atoms with Crippen LogP contribution in [0.1, 0.15) is 25.7 Å². The van der Waals surface area contributed by atoms with Gasteiger partial charge in [-0.2, -0.15) is 10.5 Å². The van der Waals surface area contributed by atoms with Crippen LogP contribution in [0, 0.1) is 28.6 Å². The number of thioether (sulfide) groups is 1. The normalized spacial score (nSPS) is 22.7. The van der Waals surface area contributed by atoms with Crippen molar-refractivity contribution in [3.63, 3.8) is 0 Å². The zero-order chi connectivity index (χ0) is 18.1. The highest BCUT2D eigenvalue weighted by molar-refractivity contribution is 8.03. The van der Waals surface area contributed by atoms with Crippen molar-refractivity contribution in [2.24, 2.45) is 5.92 Å². The molecule has 2 aliphatic carbocycles. The molecule has 0 bridgehead atoms. The lowest BCUT2D eigenvalue weighted by atomic mass is 9.77. The van der Waals surface area contributed by atoms with Crippen molar-refractivity contribution in [2.75, 3.05) is 11.9 Å². The van der Waals surface area contributed by atoms with Gasteiger partial charge in [-0.3, -0.25) is 0 Å². The number of nitriles is 2. The molecule has 4 heteroatoms. The fraction of sp³-hybridized carbons (Fsp3) is 0.273. The maximum Gasteiger partial charge on any atom is 0.132 e. The predicted octanol–water partition coefficient (Wildman–Crippen LogP) is 5.47. The van der Waals surface area contributed by atoms with Gasteiger partial charge in [0.2, 0.25) is 0 Å². The minimum absolute atomic E-state index is 0.261. The van der Waals surface area contributed by atoms with Crippen molar-refractivity contribution in [2.45, 2.75) is 30.6 Å². The van der Waals surface area contributed by atoms with E-state index in [2.05, 4.69) is 54.4 Å². The Hall–Kier alpha value is -2.69. The summed E-state index contributed by atoms with van der Waals surface area (Å²) in [7, 11) is 2.11. The molecular formula is C22H19N3S. The minimum atomic E-state index is 0.261. The van der Waals surface area contributed by atoms with Gasteiger partial charge in [-0.15, -0.1) is 0 Å². The van der Waals surface area contributed by atoms with Gasteiger partial charge in [0.15, 0.2) is 0 Å². The molecule has 0 unspecified atom stereocenters. The molecule has 0 spiro atoms. The topological polar surface area (TPSA) is 50.8 Å². The number of hydrogen-bond donors (Lipinski definition) is 0. The summed E-state index contributed by atoms with van der Waals surface area (Å²) in [6.07, 6.45) is 10.7. The van der Waals surface area contributed by atoms with Crippen LogP contribution in [-0.4, -0.2) is 7.05 Å². The first-order valence-electron chi connectivity index (χ1n) is 8.87. The molecule has 3 aliphatic rings. The average molecular weight is 357 g/mol. The first-order valence-corrected chi connectivity index (χ1v) is 9.69. The fourth-order valence-corrected chi connectivity index (χ4v) is 5.00. The van der Waals surface area contributed by atoms with Crippen molar-refractivity contribution in [3.05, 3.63) is 69.8 Å². The smallest absolute Gasteiger partial charge is 0.132 e. The number of hydrogen-bond acceptors (Lipinski definition) is 4. The Morgan fingerprint density at radius 1 is 1.15 bits per heavy atom. The summed E-state index contributed by atoms with van der Waals surface area (Å²) in [5.74, 6) is 0.561. The second kappa shape index (κ2) is 6.90. The van der Waals surface area contributed by atoms with E-state index >= 15 is 0 Å². The van der Waals surface area contributed by atoms with Gasteiger partial charge in [0.1, 0.15) is 17.7 Å². The van der Waals surface area contributed by atoms with Crippen LogP contribution in [0.3, 0.4) is 0 Å². The van der Waals surface area contributed by atoms with Crippen LogP contribution in [-0.2, 0) is 0 Å². The van der Waals surface area contributed by atoms with E-state index in [4.69, 9.17) is 10.5 Å². The average Bonchev–Trinajstić information content (AvgIpc) is 2.98. The van der Waals surface area contributed by atoms with Gasteiger partial charge in [0, 0.05) is 11.9 Å². The second-order valence-corrected chi connectivity index (χ2v) is 7.94. The second-order valence-electron chi connectivity index (χ2n) is 6.87. The Kier molecular flexibility index (Phi) is 4.45. The lowest BCUT2D eigenvalue weighted by Gasteiger charge is -2.28. The number of benzene rings is 1. The Labute approximate surface area is 158 Å². The number of anilines is 1. The first-order chi connectivity index (χ1) is 12.7. The molecular weight excluding hydrogens is 338 g/mol. The third kappa shape index (κ3) is 2.98. The van der Waals surface area contributed by atoms with Gasteiger partial charge in [-0.1, -0.05) is 36.0 Å². The van der Waals surface area contributed by atoms with E-state index in [1.54, 1.807) is 0 Å². The lowest BCUT2D eigenvalue weighted by molar-refractivity contribution is 0.502. The van der Waals surface area contributed by atoms with Crippen LogP contribution in [0.5, 0.6) is 0 Å². The Balaban J connectivity index is 1.65. The lowest BCUT2D eigenvalue weighted by Crippen LogP contribution is -2.14. The van der Waals surface area contributed by atoms with Crippen molar-refractivity contribution < 1.29 is 0 Å². The molecule has 0 saturated carbocycles. The van der Waals surface area contributed by atoms with Crippen molar-refractivity contribution in [1.29, 1.82) is 10.5 Å². The predicted molar refractivity (Wildman–Crippen MR) is 105 cm³/mol. The third-order valence-corrected chi connectivity index (χ3v) is 6.50. The molecule has 1 atom stereocenters. The van der Waals surface area contributed by atoms with Crippen LogP contribution in [0.25, 0.3) is 0 Å². The Morgan fingerprint density at radius 3 is 2.69 bits per heavy atom. The van der Waals surface area contributed by atoms with Crippen LogP contribution in [0.2, 0.25) is 0 Å². The Morgan fingerprint density at radius 2 is 1.92 bits per heavy atom. The van der Waals surface area contributed by atoms with E-state index < -0.39 is 0 Å². The van der Waals surface area contributed by atoms with E-state index in [9.17, 15) is 0 Å². The number of nitrogens with zero attached hydrogens (tertiary/aromatic N) is 3. The van der Waals surface area contributed by atoms with Gasteiger partial charge in [-0.05, 0) is 66.5 Å². The molecule has 26 heavy (non-hydrogen) atoms. The quantitative estimate of drug-likeness (QED) is 0.625. The number of fused-ring (bicyclic) bond motifs is 2. The first kappa shape index (κ1) is 16.8. The molecule has 1 aromatic rings. The standard InChI is InChI=1S/C22H19N3S/c1-25-20-4-2-3-5-21(20)26-22(25)11-15-6-7-16-8-9-17(12-18(16)10-15)19(13-23)14-24/h2-5,10-12,16H,6-9H2,1H3/b22-11-/t16-/m0/s1. The molecule has 3 nitrogen and oxygen atoms in total. The molecule has 1 aromatic carbocycles. The molecule has 0 saturated heterocycles. The van der Waals surface area contributed by atoms with E-state index in [1.165, 1.54) is 26.8 Å². The molecule has 128 valence electrons. The zero-order valence-electron chi connectivity index (χ0n) is 14.7. The summed E-state index contributed by atoms with van der Waals surface area (Å²) < 4.78 is 0. The van der Waals surface area contributed by atoms with Crippen molar-refractivity contribution in [3.8, 4) is 12.1 Å². The molecule has 1 aliphatic heterocycles. The summed E-state index contributed by atoms with van der Waals surface area (Å²) in [4.78, 5) is 3.54. The van der Waals surface area contributed by atoms with Gasteiger partial charge in [0.05, 0.1) is 10.7 Å². The monoisotopic (exact) mass is 357 g/mol. The highest BCUT2D eigenvalue weighted by Crippen LogP contribution is 2.46. The van der Waals surface area contributed by atoms with E-state index in [1.807, 2.05) is 23.9 Å². The molecule has 0 aromatic heterocycles. The van der Waals surface area contributed by atoms with E-state index in [0.29, 0.717) is 5.92 Å². The van der Waals surface area contributed by atoms with Crippen LogP contribution in [0.4, 0.5) is 5.69 Å². The maximum atomic E-state index is 9.14. The molecule has 0 radical (unpaired) electrons. The summed E-state index contributed by atoms with van der Waals surface area (Å²) in [5.41, 5.74) is 5.01. The van der Waals surface area contributed by atoms with Crippen molar-refractivity contribution >= 4 is 17.4 Å². The molecule has 1 heterocycles. The minimum Gasteiger partial charge on any atom is -0.338 e. The summed E-state index contributed by atoms with van der Waals surface area (Å²) in [5, 5.41) is 19.5. The zero-order valence-corrected chi connectivity index (χ0v) is 15.5. The van der Waals surface area contributed by atoms with Crippen LogP contribution >= 0.6 is 11.8 Å². The number of allylic oxidation sites excluding steroid dienone is 7. The number of para-hydroxylation sites is 1. The highest BCUT2D eigenvalue weighted by Gasteiger charge is 2.26. The van der Waals surface area contributed by atoms with Gasteiger partial charge < -0.3 is 4.90 Å². The fourth-order valence-electron chi connectivity index (χ4n) is 3.87. The van der Waals surface area contributed by atoms with Gasteiger partial charge in [-0.25, -0.2) is 0 Å². The molecule has 4 rings (SSSR count). The van der Waals surface area contributed by atoms with Gasteiger partial charge in [0.25, 0.3) is 0 Å². The largest absolute Gasteiger partial charge is 0.338 e. The van der Waals surface area contributed by atoms with E-state index in [-0.39, 0.29) is 5.57 Å². The van der Waals surface area contributed by atoms with Crippen LogP contribution in [0.15, 0.2) is 74.7 Å². The highest BCUT2D eigenvalue weighted by atomic mass is 32.2.